The summed E-state index contributed by atoms with van der Waals surface area (Å²) in [6.07, 6.45) is 0.262. The Morgan fingerprint density at radius 2 is 1.43 bits per heavy atom. The Kier molecular flexibility index (Phi) is 9.75. The van der Waals surface area contributed by atoms with Gasteiger partial charge in [0.1, 0.15) is 16.4 Å². The van der Waals surface area contributed by atoms with Gasteiger partial charge in [-0.2, -0.15) is 0 Å². The van der Waals surface area contributed by atoms with Crippen molar-refractivity contribution in [1.82, 2.24) is 4.90 Å². The molecule has 1 aliphatic rings. The summed E-state index contributed by atoms with van der Waals surface area (Å²) >= 11 is 12.4. The van der Waals surface area contributed by atoms with E-state index in [2.05, 4.69) is 10.2 Å². The molecular formula is C32H30Cl2N4O5S. The number of benzene rings is 4. The molecule has 4 aromatic rings. The van der Waals surface area contributed by atoms with Gasteiger partial charge in [-0.1, -0.05) is 65.7 Å². The third-order valence-corrected chi connectivity index (χ3v) is 8.85. The van der Waals surface area contributed by atoms with Gasteiger partial charge in [0.05, 0.1) is 12.8 Å². The number of hydrogen-bond acceptors (Lipinski definition) is 6. The molecule has 0 atom stereocenters. The van der Waals surface area contributed by atoms with E-state index in [1.54, 1.807) is 48.5 Å². The summed E-state index contributed by atoms with van der Waals surface area (Å²) in [6.45, 7) is 2.33. The minimum Gasteiger partial charge on any atom is -0.456 e. The number of carbonyl (C=O) groups excluding carboxylic acids is 2. The zero-order valence-electron chi connectivity index (χ0n) is 23.6. The maximum atomic E-state index is 12.9. The molecular weight excluding hydrogens is 623 g/mol. The predicted octanol–water partition coefficient (Wildman–Crippen LogP) is 5.51. The maximum absolute atomic E-state index is 12.9. The summed E-state index contributed by atoms with van der Waals surface area (Å²) in [5.74, 6) is 0.0724. The van der Waals surface area contributed by atoms with Crippen molar-refractivity contribution < 1.29 is 22.7 Å². The van der Waals surface area contributed by atoms with Gasteiger partial charge in [-0.15, -0.1) is 0 Å². The summed E-state index contributed by atoms with van der Waals surface area (Å²) in [7, 11) is -4.20. The number of amides is 2. The lowest BCUT2D eigenvalue weighted by molar-refractivity contribution is -0.130. The van der Waals surface area contributed by atoms with Gasteiger partial charge in [0.25, 0.3) is 0 Å². The molecule has 0 spiro atoms. The first-order valence-electron chi connectivity index (χ1n) is 13.8. The zero-order valence-corrected chi connectivity index (χ0v) is 25.9. The standard InChI is InChI=1S/C32H30Cl2N4O5S/c33-27-10-3-1-6-22(27)18-31(39)36-24-12-13-29(30(20-24)44(35,41)42)43-26-9-5-8-25(21-26)37-14-16-38(17-15-37)32(40)19-23-7-2-4-11-28(23)34/h1-13,20-21H,14-19H2,(H,36,39)(H2,35,41,42). The molecule has 0 aromatic heterocycles. The molecule has 1 saturated heterocycles. The highest BCUT2D eigenvalue weighted by Crippen LogP contribution is 2.33. The van der Waals surface area contributed by atoms with Crippen LogP contribution < -0.4 is 20.1 Å². The second-order valence-electron chi connectivity index (χ2n) is 10.3. The van der Waals surface area contributed by atoms with Gasteiger partial charge in [0.2, 0.25) is 21.8 Å². The number of piperazine rings is 1. The topological polar surface area (TPSA) is 122 Å². The van der Waals surface area contributed by atoms with Gasteiger partial charge in [0, 0.05) is 53.7 Å². The van der Waals surface area contributed by atoms with E-state index in [-0.39, 0.29) is 41.0 Å². The van der Waals surface area contributed by atoms with E-state index in [4.69, 9.17) is 33.1 Å². The van der Waals surface area contributed by atoms with E-state index in [1.165, 1.54) is 18.2 Å². The van der Waals surface area contributed by atoms with Crippen LogP contribution >= 0.6 is 23.2 Å². The number of hydrogen-bond donors (Lipinski definition) is 2. The Morgan fingerprint density at radius 1 is 0.795 bits per heavy atom. The normalized spacial score (nSPS) is 13.4. The van der Waals surface area contributed by atoms with Gasteiger partial charge in [-0.25, -0.2) is 13.6 Å². The first-order valence-corrected chi connectivity index (χ1v) is 16.1. The number of nitrogens with two attached hydrogens (primary N) is 1. The van der Waals surface area contributed by atoms with Crippen molar-refractivity contribution in [2.45, 2.75) is 17.7 Å². The molecule has 1 aliphatic heterocycles. The van der Waals surface area contributed by atoms with Gasteiger partial charge in [-0.3, -0.25) is 9.59 Å². The smallest absolute Gasteiger partial charge is 0.241 e. The first-order chi connectivity index (χ1) is 21.1. The fraction of sp³-hybridized carbons (Fsp3) is 0.188. The van der Waals surface area contributed by atoms with Crippen molar-refractivity contribution >= 4 is 56.4 Å². The van der Waals surface area contributed by atoms with E-state index < -0.39 is 10.0 Å². The number of halogens is 2. The predicted molar refractivity (Wildman–Crippen MR) is 172 cm³/mol. The van der Waals surface area contributed by atoms with Crippen LogP contribution in [-0.4, -0.2) is 51.3 Å². The summed E-state index contributed by atoms with van der Waals surface area (Å²) in [5.41, 5.74) is 2.55. The third kappa shape index (κ3) is 7.89. The molecule has 3 N–H and O–H groups in total. The highest BCUT2D eigenvalue weighted by molar-refractivity contribution is 7.89. The minimum atomic E-state index is -4.20. The maximum Gasteiger partial charge on any atom is 0.241 e. The number of rotatable bonds is 9. The molecule has 9 nitrogen and oxygen atoms in total. The van der Waals surface area contributed by atoms with Crippen LogP contribution in [0.1, 0.15) is 11.1 Å². The fourth-order valence-corrected chi connectivity index (χ4v) is 6.00. The SMILES string of the molecule is NS(=O)(=O)c1cc(NC(=O)Cc2ccccc2Cl)ccc1Oc1cccc(N2CCN(C(=O)Cc3ccccc3Cl)CC2)c1. The molecule has 228 valence electrons. The van der Waals surface area contributed by atoms with Crippen LogP contribution in [0.25, 0.3) is 0 Å². The van der Waals surface area contributed by atoms with Crippen molar-refractivity contribution in [2.24, 2.45) is 5.14 Å². The molecule has 0 bridgehead atoms. The lowest BCUT2D eigenvalue weighted by atomic mass is 10.1. The summed E-state index contributed by atoms with van der Waals surface area (Å²) < 4.78 is 30.9. The fourth-order valence-electron chi connectivity index (χ4n) is 4.91. The molecule has 1 heterocycles. The van der Waals surface area contributed by atoms with E-state index in [1.807, 2.05) is 29.2 Å². The molecule has 12 heteroatoms. The molecule has 44 heavy (non-hydrogen) atoms. The molecule has 0 saturated carbocycles. The van der Waals surface area contributed by atoms with Gasteiger partial charge < -0.3 is 19.9 Å². The first kappa shape index (κ1) is 31.3. The molecule has 5 rings (SSSR count). The summed E-state index contributed by atoms with van der Waals surface area (Å²) in [4.78, 5) is 29.1. The molecule has 1 fully saturated rings. The highest BCUT2D eigenvalue weighted by atomic mass is 35.5. The van der Waals surface area contributed by atoms with Crippen LogP contribution in [0.2, 0.25) is 10.0 Å². The van der Waals surface area contributed by atoms with Crippen LogP contribution in [-0.2, 0) is 32.5 Å². The highest BCUT2D eigenvalue weighted by Gasteiger charge is 2.23. The van der Waals surface area contributed by atoms with E-state index in [0.29, 0.717) is 47.5 Å². The number of anilines is 2. The van der Waals surface area contributed by atoms with Gasteiger partial charge >= 0.3 is 0 Å². The molecule has 2 amide bonds. The van der Waals surface area contributed by atoms with E-state index >= 15 is 0 Å². The lowest BCUT2D eigenvalue weighted by Crippen LogP contribution is -2.49. The van der Waals surface area contributed by atoms with Crippen LogP contribution in [0.4, 0.5) is 11.4 Å². The quantitative estimate of drug-likeness (QED) is 0.246. The Hall–Kier alpha value is -4.09. The Balaban J connectivity index is 1.24. The zero-order chi connectivity index (χ0) is 31.3. The average Bonchev–Trinajstić information content (AvgIpc) is 3.00. The number of sulfonamides is 1. The largest absolute Gasteiger partial charge is 0.456 e. The number of primary sulfonamides is 1. The van der Waals surface area contributed by atoms with Crippen LogP contribution in [0.5, 0.6) is 11.5 Å². The van der Waals surface area contributed by atoms with Crippen molar-refractivity contribution in [3.8, 4) is 11.5 Å². The minimum absolute atomic E-state index is 0.0131. The third-order valence-electron chi connectivity index (χ3n) is 7.19. The lowest BCUT2D eigenvalue weighted by Gasteiger charge is -2.36. The van der Waals surface area contributed by atoms with Crippen molar-refractivity contribution in [3.63, 3.8) is 0 Å². The van der Waals surface area contributed by atoms with Crippen molar-refractivity contribution in [2.75, 3.05) is 36.4 Å². The summed E-state index contributed by atoms with van der Waals surface area (Å²) in [6, 6.07) is 25.8. The molecule has 0 aliphatic carbocycles. The second-order valence-corrected chi connectivity index (χ2v) is 12.6. The number of ether oxygens (including phenoxy) is 1. The van der Waals surface area contributed by atoms with E-state index in [0.717, 1.165) is 11.3 Å². The van der Waals surface area contributed by atoms with Crippen LogP contribution in [0.15, 0.2) is 95.9 Å². The summed E-state index contributed by atoms with van der Waals surface area (Å²) in [5, 5.41) is 9.24. The van der Waals surface area contributed by atoms with Gasteiger partial charge in [0.15, 0.2) is 0 Å². The number of nitrogens with zero attached hydrogens (tertiary/aromatic N) is 2. The monoisotopic (exact) mass is 652 g/mol. The molecule has 0 radical (unpaired) electrons. The number of carbonyl (C=O) groups is 2. The Labute approximate surface area is 266 Å². The molecule has 0 unspecified atom stereocenters. The van der Waals surface area contributed by atoms with Crippen LogP contribution in [0, 0.1) is 0 Å². The van der Waals surface area contributed by atoms with E-state index in [9.17, 15) is 18.0 Å². The van der Waals surface area contributed by atoms with Crippen molar-refractivity contribution in [3.05, 3.63) is 112 Å². The van der Waals surface area contributed by atoms with Crippen molar-refractivity contribution in [1.29, 1.82) is 0 Å². The number of nitrogens with one attached hydrogen (secondary N) is 1. The Bertz CT molecular complexity index is 1790. The second kappa shape index (κ2) is 13.7. The van der Waals surface area contributed by atoms with Crippen LogP contribution in [0.3, 0.4) is 0 Å². The van der Waals surface area contributed by atoms with Gasteiger partial charge in [-0.05, 0) is 53.6 Å². The average molecular weight is 654 g/mol. The molecule has 4 aromatic carbocycles. The Morgan fingerprint density at radius 3 is 2.07 bits per heavy atom.